The van der Waals surface area contributed by atoms with Crippen LogP contribution in [0, 0.1) is 0 Å². The minimum Gasteiger partial charge on any atom is -0.469 e. The lowest BCUT2D eigenvalue weighted by molar-refractivity contribution is 0.0671. The van der Waals surface area contributed by atoms with Gasteiger partial charge in [-0.05, 0) is 25.6 Å². The molecule has 106 valence electrons. The lowest BCUT2D eigenvalue weighted by Gasteiger charge is -2.25. The predicted octanol–water partition coefficient (Wildman–Crippen LogP) is -0.536. The van der Waals surface area contributed by atoms with Gasteiger partial charge in [-0.25, -0.2) is 8.42 Å². The molecule has 2 N–H and O–H groups in total. The number of thiocarbonyl (C=S) groups is 1. The van der Waals surface area contributed by atoms with Crippen molar-refractivity contribution in [2.45, 2.75) is 18.9 Å². The molecule has 0 aliphatic carbocycles. The summed E-state index contributed by atoms with van der Waals surface area (Å²) in [4.78, 5) is 0. The van der Waals surface area contributed by atoms with E-state index in [9.17, 15) is 8.42 Å². The molecule has 8 heteroatoms. The molecule has 1 aliphatic rings. The van der Waals surface area contributed by atoms with E-state index >= 15 is 0 Å². The molecule has 0 saturated carbocycles. The maximum Gasteiger partial charge on any atom is 0.257 e. The highest BCUT2D eigenvalue weighted by molar-refractivity contribution is 7.91. The quantitative estimate of drug-likeness (QED) is 0.503. The third kappa shape index (κ3) is 5.47. The van der Waals surface area contributed by atoms with E-state index in [1.54, 1.807) is 0 Å². The zero-order chi connectivity index (χ0) is 13.6. The molecule has 0 amide bonds. The smallest absolute Gasteiger partial charge is 0.257 e. The highest BCUT2D eigenvalue weighted by Crippen LogP contribution is 2.22. The second-order valence-corrected chi connectivity index (χ2v) is 7.05. The number of nitrogens with one attached hydrogen (secondary N) is 1. The molecule has 1 fully saturated rings. The minimum absolute atomic E-state index is 0.0291. The average Bonchev–Trinajstić information content (AvgIpc) is 2.52. The summed E-state index contributed by atoms with van der Waals surface area (Å²) in [7, 11) is -2.96. The Morgan fingerprint density at radius 2 is 2.17 bits per heavy atom. The van der Waals surface area contributed by atoms with Crippen LogP contribution in [0.4, 0.5) is 0 Å². The first-order chi connectivity index (χ1) is 8.37. The standard InChI is InChI=1S/C10H19NO5S2/c1-10(2-7-18(13,14)8-10)11-9(17)16-6-5-15-4-3-12/h12H,2-8H2,1H3,(H,11,17). The molecule has 0 aromatic heterocycles. The van der Waals surface area contributed by atoms with Crippen LogP contribution in [0.3, 0.4) is 0 Å². The molecular weight excluding hydrogens is 278 g/mol. The second kappa shape index (κ2) is 6.65. The summed E-state index contributed by atoms with van der Waals surface area (Å²) in [5.41, 5.74) is -0.540. The minimum atomic E-state index is -2.96. The molecule has 18 heavy (non-hydrogen) atoms. The van der Waals surface area contributed by atoms with Gasteiger partial charge in [0.25, 0.3) is 5.17 Å². The SMILES string of the molecule is CC1(NC(=S)OCCOCCO)CCS(=O)(=O)C1. The summed E-state index contributed by atoms with van der Waals surface area (Å²) >= 11 is 4.98. The number of aliphatic hydroxyl groups excluding tert-OH is 1. The van der Waals surface area contributed by atoms with Crippen LogP contribution in [0.25, 0.3) is 0 Å². The van der Waals surface area contributed by atoms with Gasteiger partial charge in [-0.1, -0.05) is 0 Å². The van der Waals surface area contributed by atoms with Crippen molar-refractivity contribution >= 4 is 27.2 Å². The van der Waals surface area contributed by atoms with Gasteiger partial charge in [0.15, 0.2) is 9.84 Å². The summed E-state index contributed by atoms with van der Waals surface area (Å²) in [5, 5.41) is 11.6. The van der Waals surface area contributed by atoms with Gasteiger partial charge >= 0.3 is 0 Å². The van der Waals surface area contributed by atoms with Crippen LogP contribution in [0.5, 0.6) is 0 Å². The Bertz CT molecular complexity index is 384. The van der Waals surface area contributed by atoms with Gasteiger partial charge in [-0.3, -0.25) is 0 Å². The molecule has 0 aromatic carbocycles. The van der Waals surface area contributed by atoms with E-state index in [2.05, 4.69) is 5.32 Å². The van der Waals surface area contributed by atoms with Gasteiger partial charge in [0, 0.05) is 0 Å². The van der Waals surface area contributed by atoms with Crippen molar-refractivity contribution < 1.29 is 23.0 Å². The lowest BCUT2D eigenvalue weighted by Crippen LogP contribution is -2.47. The van der Waals surface area contributed by atoms with E-state index in [0.717, 1.165) is 0 Å². The van der Waals surface area contributed by atoms with Gasteiger partial charge < -0.3 is 19.9 Å². The van der Waals surface area contributed by atoms with E-state index in [0.29, 0.717) is 13.0 Å². The zero-order valence-electron chi connectivity index (χ0n) is 10.3. The second-order valence-electron chi connectivity index (χ2n) is 4.50. The third-order valence-corrected chi connectivity index (χ3v) is 4.73. The fourth-order valence-corrected chi connectivity index (χ4v) is 4.17. The van der Waals surface area contributed by atoms with Crippen LogP contribution in [-0.4, -0.2) is 62.2 Å². The molecule has 6 nitrogen and oxygen atoms in total. The van der Waals surface area contributed by atoms with Gasteiger partial charge in [0.05, 0.1) is 36.9 Å². The van der Waals surface area contributed by atoms with Crippen LogP contribution in [-0.2, 0) is 19.3 Å². The van der Waals surface area contributed by atoms with Crippen molar-refractivity contribution in [1.82, 2.24) is 5.32 Å². The Kier molecular flexibility index (Phi) is 5.77. The van der Waals surface area contributed by atoms with Crippen LogP contribution in [0.2, 0.25) is 0 Å². The Morgan fingerprint density at radius 1 is 1.44 bits per heavy atom. The molecule has 1 unspecified atom stereocenters. The van der Waals surface area contributed by atoms with Crippen molar-refractivity contribution in [1.29, 1.82) is 0 Å². The van der Waals surface area contributed by atoms with E-state index in [-0.39, 0.29) is 36.5 Å². The molecule has 0 radical (unpaired) electrons. The Hall–Kier alpha value is -0.440. The van der Waals surface area contributed by atoms with E-state index in [4.69, 9.17) is 26.8 Å². The fourth-order valence-electron chi connectivity index (χ4n) is 1.75. The first-order valence-corrected chi connectivity index (χ1v) is 7.94. The van der Waals surface area contributed by atoms with Gasteiger partial charge in [-0.2, -0.15) is 0 Å². The van der Waals surface area contributed by atoms with Crippen LogP contribution < -0.4 is 5.32 Å². The maximum absolute atomic E-state index is 11.4. The van der Waals surface area contributed by atoms with E-state index in [1.807, 2.05) is 6.92 Å². The maximum atomic E-state index is 11.4. The number of aliphatic hydroxyl groups is 1. The summed E-state index contributed by atoms with van der Waals surface area (Å²) in [5.74, 6) is 0.253. The fraction of sp³-hybridized carbons (Fsp3) is 0.900. The van der Waals surface area contributed by atoms with Gasteiger partial charge in [0.2, 0.25) is 0 Å². The molecule has 1 rings (SSSR count). The summed E-state index contributed by atoms with van der Waals surface area (Å²) in [6, 6.07) is 0. The van der Waals surface area contributed by atoms with Crippen molar-refractivity contribution in [2.75, 3.05) is 37.9 Å². The third-order valence-electron chi connectivity index (χ3n) is 2.60. The molecule has 1 heterocycles. The highest BCUT2D eigenvalue weighted by atomic mass is 32.2. The lowest BCUT2D eigenvalue weighted by atomic mass is 10.0. The average molecular weight is 297 g/mol. The molecule has 0 aromatic rings. The first-order valence-electron chi connectivity index (χ1n) is 5.71. The molecule has 1 saturated heterocycles. The first kappa shape index (κ1) is 15.6. The van der Waals surface area contributed by atoms with E-state index < -0.39 is 15.4 Å². The monoisotopic (exact) mass is 297 g/mol. The normalized spacial score (nSPS) is 25.9. The summed E-state index contributed by atoms with van der Waals surface area (Å²) in [6.07, 6.45) is 0.528. The summed E-state index contributed by atoms with van der Waals surface area (Å²) in [6.45, 7) is 2.65. The van der Waals surface area contributed by atoms with Gasteiger partial charge in [-0.15, -0.1) is 0 Å². The Labute approximate surface area is 113 Å². The van der Waals surface area contributed by atoms with E-state index in [1.165, 1.54) is 0 Å². The molecule has 0 spiro atoms. The number of sulfone groups is 1. The molecule has 0 bridgehead atoms. The van der Waals surface area contributed by atoms with Crippen LogP contribution in [0.15, 0.2) is 0 Å². The zero-order valence-corrected chi connectivity index (χ0v) is 12.0. The molecule has 1 aliphatic heterocycles. The van der Waals surface area contributed by atoms with Crippen LogP contribution in [0.1, 0.15) is 13.3 Å². The highest BCUT2D eigenvalue weighted by Gasteiger charge is 2.39. The summed E-state index contributed by atoms with van der Waals surface area (Å²) < 4.78 is 33.0. The Morgan fingerprint density at radius 3 is 2.72 bits per heavy atom. The van der Waals surface area contributed by atoms with Gasteiger partial charge in [0.1, 0.15) is 6.61 Å². The predicted molar refractivity (Wildman–Crippen MR) is 71.3 cm³/mol. The van der Waals surface area contributed by atoms with Crippen LogP contribution >= 0.6 is 12.2 Å². The van der Waals surface area contributed by atoms with Crippen molar-refractivity contribution in [3.8, 4) is 0 Å². The van der Waals surface area contributed by atoms with Crippen molar-refractivity contribution in [3.05, 3.63) is 0 Å². The van der Waals surface area contributed by atoms with Crippen molar-refractivity contribution in [2.24, 2.45) is 0 Å². The largest absolute Gasteiger partial charge is 0.469 e. The molecule has 1 atom stereocenters. The molecular formula is C10H19NO5S2. The number of rotatable bonds is 6. The number of hydrogen-bond donors (Lipinski definition) is 2. The number of ether oxygens (including phenoxy) is 2. The Balaban J connectivity index is 2.24. The topological polar surface area (TPSA) is 84.9 Å². The van der Waals surface area contributed by atoms with Crippen molar-refractivity contribution in [3.63, 3.8) is 0 Å². The number of hydrogen-bond acceptors (Lipinski definition) is 6.